The predicted octanol–water partition coefficient (Wildman–Crippen LogP) is 3.47. The number of carbonyl (C=O) groups is 2. The van der Waals surface area contributed by atoms with Crippen molar-refractivity contribution < 1.29 is 23.8 Å². The van der Waals surface area contributed by atoms with Crippen LogP contribution in [0.5, 0.6) is 17.2 Å². The first-order chi connectivity index (χ1) is 15.6. The highest BCUT2D eigenvalue weighted by Gasteiger charge is 2.52. The second-order valence-electron chi connectivity index (χ2n) is 8.27. The van der Waals surface area contributed by atoms with E-state index in [4.69, 9.17) is 14.2 Å². The molecule has 32 heavy (non-hydrogen) atoms. The van der Waals surface area contributed by atoms with Crippen LogP contribution in [0.3, 0.4) is 0 Å². The number of β-lactam (4-membered cyclic amide) rings is 1. The fraction of sp³-hybridized carbons (Fsp3) is 0.440. The number of nitrogens with one attached hydrogen (secondary N) is 1. The van der Waals surface area contributed by atoms with Crippen molar-refractivity contribution in [3.8, 4) is 17.2 Å². The Bertz CT molecular complexity index is 953. The lowest BCUT2D eigenvalue weighted by Crippen LogP contribution is -2.64. The Balaban J connectivity index is 1.69. The number of hydrogen-bond donors (Lipinski definition) is 1. The molecule has 3 atom stereocenters. The SMILES string of the molecule is COc1cc(C(C(=O)NCc2ccccc2)N2C(=O)[C@@H]3CCCC[C@@H]32)cc(OC)c1OC. The molecule has 0 radical (unpaired) electrons. The van der Waals surface area contributed by atoms with Crippen molar-refractivity contribution in [1.29, 1.82) is 0 Å². The zero-order valence-electron chi connectivity index (χ0n) is 18.8. The lowest BCUT2D eigenvalue weighted by Gasteiger charge is -2.52. The van der Waals surface area contributed by atoms with Gasteiger partial charge in [0, 0.05) is 12.6 Å². The largest absolute Gasteiger partial charge is 0.493 e. The molecule has 2 aromatic carbocycles. The second kappa shape index (κ2) is 9.51. The van der Waals surface area contributed by atoms with Crippen LogP contribution in [0.4, 0.5) is 0 Å². The van der Waals surface area contributed by atoms with Gasteiger partial charge in [-0.25, -0.2) is 0 Å². The fourth-order valence-electron chi connectivity index (χ4n) is 4.90. The van der Waals surface area contributed by atoms with Crippen molar-refractivity contribution in [2.24, 2.45) is 5.92 Å². The zero-order chi connectivity index (χ0) is 22.7. The molecule has 1 heterocycles. The van der Waals surface area contributed by atoms with Crippen LogP contribution in [0.15, 0.2) is 42.5 Å². The van der Waals surface area contributed by atoms with Crippen LogP contribution < -0.4 is 19.5 Å². The van der Waals surface area contributed by atoms with E-state index in [1.807, 2.05) is 30.3 Å². The molecular weight excluding hydrogens is 408 g/mol. The van der Waals surface area contributed by atoms with Crippen molar-refractivity contribution in [3.63, 3.8) is 0 Å². The molecule has 2 amide bonds. The van der Waals surface area contributed by atoms with E-state index in [0.29, 0.717) is 29.4 Å². The maximum atomic E-state index is 13.5. The summed E-state index contributed by atoms with van der Waals surface area (Å²) < 4.78 is 16.4. The summed E-state index contributed by atoms with van der Waals surface area (Å²) in [6.07, 6.45) is 3.95. The summed E-state index contributed by atoms with van der Waals surface area (Å²) in [7, 11) is 4.62. The van der Waals surface area contributed by atoms with Crippen molar-refractivity contribution in [1.82, 2.24) is 10.2 Å². The Morgan fingerprint density at radius 2 is 1.69 bits per heavy atom. The first-order valence-corrected chi connectivity index (χ1v) is 11.0. The first-order valence-electron chi connectivity index (χ1n) is 11.0. The minimum atomic E-state index is -0.765. The molecule has 2 aromatic rings. The maximum Gasteiger partial charge on any atom is 0.247 e. The summed E-state index contributed by atoms with van der Waals surface area (Å²) in [6, 6.07) is 12.6. The number of likely N-dealkylation sites (tertiary alicyclic amines) is 1. The topological polar surface area (TPSA) is 77.1 Å². The fourth-order valence-corrected chi connectivity index (χ4v) is 4.90. The molecule has 0 aromatic heterocycles. The Morgan fingerprint density at radius 3 is 2.31 bits per heavy atom. The Kier molecular flexibility index (Phi) is 6.53. The molecule has 0 bridgehead atoms. The Morgan fingerprint density at radius 1 is 1.03 bits per heavy atom. The number of amides is 2. The van der Waals surface area contributed by atoms with E-state index in [1.165, 1.54) is 21.3 Å². The molecule has 4 rings (SSSR count). The van der Waals surface area contributed by atoms with Gasteiger partial charge in [0.05, 0.1) is 27.2 Å². The smallest absolute Gasteiger partial charge is 0.247 e. The summed E-state index contributed by atoms with van der Waals surface area (Å²) in [5.74, 6) is 1.21. The van der Waals surface area contributed by atoms with E-state index in [0.717, 1.165) is 31.2 Å². The van der Waals surface area contributed by atoms with Crippen LogP contribution in [0.25, 0.3) is 0 Å². The summed E-state index contributed by atoms with van der Waals surface area (Å²) in [5.41, 5.74) is 1.64. The molecule has 0 spiro atoms. The normalized spacial score (nSPS) is 20.6. The van der Waals surface area contributed by atoms with Gasteiger partial charge < -0.3 is 24.4 Å². The van der Waals surface area contributed by atoms with E-state index >= 15 is 0 Å². The lowest BCUT2D eigenvalue weighted by atomic mass is 9.74. The van der Waals surface area contributed by atoms with Crippen LogP contribution in [0.1, 0.15) is 42.9 Å². The molecule has 2 fully saturated rings. The van der Waals surface area contributed by atoms with Crippen molar-refractivity contribution in [2.45, 2.75) is 44.3 Å². The molecule has 170 valence electrons. The van der Waals surface area contributed by atoms with Crippen LogP contribution in [0.2, 0.25) is 0 Å². The molecule has 1 aliphatic carbocycles. The van der Waals surface area contributed by atoms with Gasteiger partial charge in [0.15, 0.2) is 11.5 Å². The van der Waals surface area contributed by atoms with E-state index < -0.39 is 6.04 Å². The molecule has 1 aliphatic heterocycles. The highest BCUT2D eigenvalue weighted by Crippen LogP contribution is 2.46. The maximum absolute atomic E-state index is 13.5. The van der Waals surface area contributed by atoms with Crippen LogP contribution in [-0.4, -0.2) is 44.1 Å². The zero-order valence-corrected chi connectivity index (χ0v) is 18.8. The summed E-state index contributed by atoms with van der Waals surface area (Å²) in [5, 5.41) is 3.02. The third kappa shape index (κ3) is 3.99. The van der Waals surface area contributed by atoms with Gasteiger partial charge in [0.1, 0.15) is 6.04 Å². The van der Waals surface area contributed by atoms with Gasteiger partial charge in [-0.1, -0.05) is 43.2 Å². The summed E-state index contributed by atoms with van der Waals surface area (Å²) in [4.78, 5) is 28.3. The number of benzene rings is 2. The standard InChI is InChI=1S/C25H30N2O5/c1-30-20-13-17(14-21(31-2)23(20)32-3)22(24(28)26-15-16-9-5-4-6-10-16)27-19-12-8-7-11-18(19)25(27)29/h4-6,9-10,13-14,18-19,22H,7-8,11-12,15H2,1-3H3,(H,26,28)/t18-,19+,22?/m1/s1. The Labute approximate surface area is 188 Å². The monoisotopic (exact) mass is 438 g/mol. The molecule has 7 heteroatoms. The number of fused-ring (bicyclic) bond motifs is 1. The minimum Gasteiger partial charge on any atom is -0.493 e. The highest BCUT2D eigenvalue weighted by molar-refractivity contribution is 5.94. The predicted molar refractivity (Wildman–Crippen MR) is 120 cm³/mol. The quantitative estimate of drug-likeness (QED) is 0.639. The van der Waals surface area contributed by atoms with Gasteiger partial charge in [0.2, 0.25) is 17.6 Å². The van der Waals surface area contributed by atoms with E-state index in [2.05, 4.69) is 5.32 Å². The molecule has 2 aliphatic rings. The molecule has 7 nitrogen and oxygen atoms in total. The van der Waals surface area contributed by atoms with Crippen molar-refractivity contribution in [2.75, 3.05) is 21.3 Å². The van der Waals surface area contributed by atoms with Crippen LogP contribution >= 0.6 is 0 Å². The number of nitrogens with zero attached hydrogens (tertiary/aromatic N) is 1. The van der Waals surface area contributed by atoms with Gasteiger partial charge in [-0.05, 0) is 36.1 Å². The highest BCUT2D eigenvalue weighted by atomic mass is 16.5. The third-order valence-electron chi connectivity index (χ3n) is 6.50. The number of ether oxygens (including phenoxy) is 3. The number of carbonyl (C=O) groups excluding carboxylic acids is 2. The van der Waals surface area contributed by atoms with E-state index in [1.54, 1.807) is 17.0 Å². The molecule has 1 saturated carbocycles. The van der Waals surface area contributed by atoms with Gasteiger partial charge in [0.25, 0.3) is 0 Å². The average Bonchev–Trinajstić information content (AvgIpc) is 2.85. The van der Waals surface area contributed by atoms with E-state index in [-0.39, 0.29) is 23.8 Å². The van der Waals surface area contributed by atoms with Crippen molar-refractivity contribution >= 4 is 11.8 Å². The van der Waals surface area contributed by atoms with Crippen molar-refractivity contribution in [3.05, 3.63) is 53.6 Å². The summed E-state index contributed by atoms with van der Waals surface area (Å²) in [6.45, 7) is 0.386. The van der Waals surface area contributed by atoms with E-state index in [9.17, 15) is 9.59 Å². The molecule has 1 N–H and O–H groups in total. The van der Waals surface area contributed by atoms with Gasteiger partial charge in [-0.15, -0.1) is 0 Å². The average molecular weight is 439 g/mol. The first kappa shape index (κ1) is 22.0. The second-order valence-corrected chi connectivity index (χ2v) is 8.27. The summed E-state index contributed by atoms with van der Waals surface area (Å²) >= 11 is 0. The third-order valence-corrected chi connectivity index (χ3v) is 6.50. The molecule has 1 saturated heterocycles. The van der Waals surface area contributed by atoms with Gasteiger partial charge >= 0.3 is 0 Å². The number of methoxy groups -OCH3 is 3. The van der Waals surface area contributed by atoms with Gasteiger partial charge in [-0.3, -0.25) is 9.59 Å². The molecule has 1 unspecified atom stereocenters. The van der Waals surface area contributed by atoms with Crippen LogP contribution in [-0.2, 0) is 16.1 Å². The lowest BCUT2D eigenvalue weighted by molar-refractivity contribution is -0.168. The number of rotatable bonds is 8. The van der Waals surface area contributed by atoms with Crippen LogP contribution in [0, 0.1) is 5.92 Å². The number of hydrogen-bond acceptors (Lipinski definition) is 5. The molecular formula is C25H30N2O5. The Hall–Kier alpha value is -3.22. The van der Waals surface area contributed by atoms with Gasteiger partial charge in [-0.2, -0.15) is 0 Å². The minimum absolute atomic E-state index is 0.0233.